The van der Waals surface area contributed by atoms with Crippen LogP contribution in [0.4, 0.5) is 0 Å². The Morgan fingerprint density at radius 2 is 1.94 bits per heavy atom. The van der Waals surface area contributed by atoms with E-state index in [0.29, 0.717) is 0 Å². The summed E-state index contributed by atoms with van der Waals surface area (Å²) in [5, 5.41) is -0.681. The Morgan fingerprint density at radius 1 is 1.31 bits per heavy atom. The molecule has 0 radical (unpaired) electrons. The highest BCUT2D eigenvalue weighted by Gasteiger charge is 2.44. The van der Waals surface area contributed by atoms with E-state index in [2.05, 4.69) is 0 Å². The van der Waals surface area contributed by atoms with Crippen molar-refractivity contribution in [1.29, 1.82) is 0 Å². The van der Waals surface area contributed by atoms with E-state index < -0.39 is 16.8 Å². The minimum absolute atomic E-state index is 0.390. The molecular weight excluding hydrogens is 224 g/mol. The maximum Gasteiger partial charge on any atom is 0.330 e. The van der Waals surface area contributed by atoms with Crippen molar-refractivity contribution in [2.24, 2.45) is 0 Å². The zero-order chi connectivity index (χ0) is 11.8. The van der Waals surface area contributed by atoms with Gasteiger partial charge < -0.3 is 4.74 Å². The summed E-state index contributed by atoms with van der Waals surface area (Å²) >= 11 is 6.19. The van der Waals surface area contributed by atoms with Gasteiger partial charge in [-0.3, -0.25) is 4.79 Å². The van der Waals surface area contributed by atoms with Crippen LogP contribution in [0.2, 0.25) is 0 Å². The second-order valence-corrected chi connectivity index (χ2v) is 4.61. The molecule has 2 atom stereocenters. The molecule has 16 heavy (non-hydrogen) atoms. The van der Waals surface area contributed by atoms with Gasteiger partial charge in [-0.25, -0.2) is 0 Å². The van der Waals surface area contributed by atoms with E-state index in [1.54, 1.807) is 0 Å². The van der Waals surface area contributed by atoms with Gasteiger partial charge in [0.15, 0.2) is 0 Å². The van der Waals surface area contributed by atoms with Crippen molar-refractivity contribution in [2.45, 2.75) is 24.6 Å². The van der Waals surface area contributed by atoms with Crippen LogP contribution in [0.1, 0.15) is 19.4 Å². The molecule has 2 nitrogen and oxygen atoms in total. The van der Waals surface area contributed by atoms with E-state index in [0.717, 1.165) is 11.1 Å². The molecule has 0 bridgehead atoms. The summed E-state index contributed by atoms with van der Waals surface area (Å²) in [4.78, 5) is 11.5. The van der Waals surface area contributed by atoms with Crippen LogP contribution >= 0.6 is 11.6 Å². The first-order valence-electron chi connectivity index (χ1n) is 5.14. The Morgan fingerprint density at radius 3 is 2.56 bits per heavy atom. The number of rotatable bonds is 1. The van der Waals surface area contributed by atoms with Gasteiger partial charge in [0.2, 0.25) is 0 Å². The molecule has 0 fully saturated rings. The number of allylic oxidation sites excluding steroid dienone is 1. The molecule has 0 aliphatic carbocycles. The van der Waals surface area contributed by atoms with E-state index in [-0.39, 0.29) is 0 Å². The fourth-order valence-corrected chi connectivity index (χ4v) is 2.27. The second kappa shape index (κ2) is 3.95. The van der Waals surface area contributed by atoms with Crippen molar-refractivity contribution in [2.75, 3.05) is 0 Å². The quantitative estimate of drug-likeness (QED) is 0.554. The highest BCUT2D eigenvalue weighted by atomic mass is 35.5. The first kappa shape index (κ1) is 11.2. The first-order valence-corrected chi connectivity index (χ1v) is 5.58. The maximum atomic E-state index is 11.5. The van der Waals surface area contributed by atoms with Gasteiger partial charge in [0.1, 0.15) is 5.38 Å². The first-order chi connectivity index (χ1) is 7.56. The predicted octanol–water partition coefficient (Wildman–Crippen LogP) is 3.01. The lowest BCUT2D eigenvalue weighted by atomic mass is 9.73. The molecule has 2 rings (SSSR count). The van der Waals surface area contributed by atoms with Crippen LogP contribution in [-0.2, 0) is 14.9 Å². The van der Waals surface area contributed by atoms with Crippen molar-refractivity contribution in [3.05, 3.63) is 47.7 Å². The van der Waals surface area contributed by atoms with Crippen molar-refractivity contribution in [1.82, 2.24) is 0 Å². The Bertz CT molecular complexity index is 439. The van der Waals surface area contributed by atoms with Crippen molar-refractivity contribution < 1.29 is 9.53 Å². The number of hydrogen-bond donors (Lipinski definition) is 0. The number of carbonyl (C=O) groups is 1. The summed E-state index contributed by atoms with van der Waals surface area (Å²) in [6, 6.07) is 9.78. The fraction of sp³-hybridized carbons (Fsp3) is 0.308. The molecule has 0 saturated heterocycles. The fourth-order valence-electron chi connectivity index (χ4n) is 1.92. The van der Waals surface area contributed by atoms with Gasteiger partial charge in [0.25, 0.3) is 0 Å². The largest absolute Gasteiger partial charge is 0.433 e. The monoisotopic (exact) mass is 236 g/mol. The Hall–Kier alpha value is -1.28. The van der Waals surface area contributed by atoms with E-state index in [1.165, 1.54) is 6.26 Å². The summed E-state index contributed by atoms with van der Waals surface area (Å²) < 4.78 is 4.89. The SMILES string of the molecule is CC1=COC(=O)C(Cl)C1(C)c1ccccc1. The molecule has 0 amide bonds. The average molecular weight is 237 g/mol. The van der Waals surface area contributed by atoms with Gasteiger partial charge in [-0.1, -0.05) is 30.3 Å². The smallest absolute Gasteiger partial charge is 0.330 e. The Balaban J connectivity index is 2.54. The third-order valence-corrected chi connectivity index (χ3v) is 3.87. The third-order valence-electron chi connectivity index (χ3n) is 3.26. The second-order valence-electron chi connectivity index (χ2n) is 4.17. The van der Waals surface area contributed by atoms with Gasteiger partial charge in [-0.15, -0.1) is 11.6 Å². The average Bonchev–Trinajstić information content (AvgIpc) is 2.33. The molecule has 1 heterocycles. The van der Waals surface area contributed by atoms with Crippen LogP contribution in [0.25, 0.3) is 0 Å². The minimum Gasteiger partial charge on any atom is -0.433 e. The maximum absolute atomic E-state index is 11.5. The number of halogens is 1. The van der Waals surface area contributed by atoms with Crippen LogP contribution in [-0.4, -0.2) is 11.3 Å². The number of benzene rings is 1. The molecule has 1 aliphatic heterocycles. The number of carbonyl (C=O) groups excluding carboxylic acids is 1. The highest BCUT2D eigenvalue weighted by molar-refractivity contribution is 6.31. The van der Waals surface area contributed by atoms with Crippen LogP contribution < -0.4 is 0 Å². The molecule has 1 aliphatic rings. The molecule has 1 aromatic rings. The van der Waals surface area contributed by atoms with E-state index >= 15 is 0 Å². The van der Waals surface area contributed by atoms with Crippen molar-refractivity contribution in [3.8, 4) is 0 Å². The van der Waals surface area contributed by atoms with Crippen molar-refractivity contribution in [3.63, 3.8) is 0 Å². The normalized spacial score (nSPS) is 29.6. The number of alkyl halides is 1. The Labute approximate surface area is 99.9 Å². The van der Waals surface area contributed by atoms with Crippen molar-refractivity contribution >= 4 is 17.6 Å². The molecule has 0 N–H and O–H groups in total. The van der Waals surface area contributed by atoms with E-state index in [1.807, 2.05) is 44.2 Å². The zero-order valence-corrected chi connectivity index (χ0v) is 9.99. The van der Waals surface area contributed by atoms with Crippen LogP contribution in [0.15, 0.2) is 42.2 Å². The standard InChI is InChI=1S/C13H13ClO2/c1-9-8-16-12(15)11(14)13(9,2)10-6-4-3-5-7-10/h3-8,11H,1-2H3. The highest BCUT2D eigenvalue weighted by Crippen LogP contribution is 2.40. The summed E-state index contributed by atoms with van der Waals surface area (Å²) in [7, 11) is 0. The lowest BCUT2D eigenvalue weighted by molar-refractivity contribution is -0.140. The molecule has 0 saturated carbocycles. The summed E-state index contributed by atoms with van der Waals surface area (Å²) in [6.07, 6.45) is 1.49. The third kappa shape index (κ3) is 1.54. The van der Waals surface area contributed by atoms with Gasteiger partial charge in [0.05, 0.1) is 6.26 Å². The Kier molecular flexibility index (Phi) is 2.76. The molecular formula is C13H13ClO2. The lowest BCUT2D eigenvalue weighted by Gasteiger charge is -2.36. The summed E-state index contributed by atoms with van der Waals surface area (Å²) in [6.45, 7) is 3.89. The molecule has 2 unspecified atom stereocenters. The van der Waals surface area contributed by atoms with E-state index in [9.17, 15) is 4.79 Å². The van der Waals surface area contributed by atoms with Crippen LogP contribution in [0, 0.1) is 0 Å². The van der Waals surface area contributed by atoms with Gasteiger partial charge in [0, 0.05) is 5.41 Å². The molecule has 0 spiro atoms. The minimum atomic E-state index is -0.681. The van der Waals surface area contributed by atoms with Gasteiger partial charge >= 0.3 is 5.97 Å². The predicted molar refractivity (Wildman–Crippen MR) is 63.3 cm³/mol. The summed E-state index contributed by atoms with van der Waals surface area (Å²) in [5.41, 5.74) is 1.50. The number of hydrogen-bond acceptors (Lipinski definition) is 2. The topological polar surface area (TPSA) is 26.3 Å². The van der Waals surface area contributed by atoms with Crippen LogP contribution in [0.5, 0.6) is 0 Å². The number of cyclic esters (lactones) is 1. The molecule has 1 aromatic carbocycles. The number of ether oxygens (including phenoxy) is 1. The zero-order valence-electron chi connectivity index (χ0n) is 9.24. The molecule has 0 aromatic heterocycles. The molecule has 84 valence electrons. The number of esters is 1. The lowest BCUT2D eigenvalue weighted by Crippen LogP contribution is -2.43. The molecule has 3 heteroatoms. The van der Waals surface area contributed by atoms with Gasteiger partial charge in [-0.2, -0.15) is 0 Å². The van der Waals surface area contributed by atoms with E-state index in [4.69, 9.17) is 16.3 Å². The summed E-state index contributed by atoms with van der Waals surface area (Å²) in [5.74, 6) is -0.390. The van der Waals surface area contributed by atoms with Gasteiger partial charge in [-0.05, 0) is 25.0 Å². The van der Waals surface area contributed by atoms with Crippen LogP contribution in [0.3, 0.4) is 0 Å².